The molecule has 0 aliphatic rings. The number of benzene rings is 1. The summed E-state index contributed by atoms with van der Waals surface area (Å²) in [5.41, 5.74) is 2.95. The second kappa shape index (κ2) is 6.42. The Morgan fingerprint density at radius 3 is 2.71 bits per heavy atom. The van der Waals surface area contributed by atoms with Crippen molar-refractivity contribution in [2.75, 3.05) is 16.8 Å². The molecule has 2 aromatic rings. The Labute approximate surface area is 123 Å². The number of pyridine rings is 1. The van der Waals surface area contributed by atoms with Gasteiger partial charge in [0.05, 0.1) is 18.0 Å². The molecule has 0 spiro atoms. The fourth-order valence-corrected chi connectivity index (χ4v) is 2.93. The zero-order chi connectivity index (χ0) is 15.3. The number of nitrogen functional groups attached to an aromatic ring is 1. The first-order valence-electron chi connectivity index (χ1n) is 6.23. The molecule has 0 fully saturated rings. The van der Waals surface area contributed by atoms with Crippen LogP contribution >= 0.6 is 0 Å². The highest BCUT2D eigenvalue weighted by Crippen LogP contribution is 2.28. The highest BCUT2D eigenvalue weighted by atomic mass is 32.2. The number of aromatic nitrogens is 1. The van der Waals surface area contributed by atoms with E-state index in [0.29, 0.717) is 18.0 Å². The summed E-state index contributed by atoms with van der Waals surface area (Å²) in [6.07, 6.45) is 2.67. The quantitative estimate of drug-likeness (QED) is 0.552. The Kier molecular flexibility index (Phi) is 4.61. The van der Waals surface area contributed by atoms with Gasteiger partial charge in [0.25, 0.3) is 10.0 Å². The zero-order valence-electron chi connectivity index (χ0n) is 11.4. The molecule has 0 radical (unpaired) electrons. The molecule has 1 heterocycles. The van der Waals surface area contributed by atoms with Crippen molar-refractivity contribution >= 4 is 21.4 Å². The van der Waals surface area contributed by atoms with Crippen molar-refractivity contribution in [1.82, 2.24) is 4.98 Å². The maximum absolute atomic E-state index is 12.4. The average Bonchev–Trinajstić information content (AvgIpc) is 2.49. The predicted molar refractivity (Wildman–Crippen MR) is 80.5 cm³/mol. The molecule has 0 saturated carbocycles. The van der Waals surface area contributed by atoms with Crippen molar-refractivity contribution in [3.63, 3.8) is 0 Å². The van der Waals surface area contributed by atoms with Gasteiger partial charge in [0.2, 0.25) is 0 Å². The van der Waals surface area contributed by atoms with Crippen LogP contribution in [0.15, 0.2) is 47.6 Å². The van der Waals surface area contributed by atoms with Crippen LogP contribution in [0.1, 0.15) is 6.92 Å². The number of para-hydroxylation sites is 2. The lowest BCUT2D eigenvalue weighted by Crippen LogP contribution is -2.18. The number of nitrogens with two attached hydrogens (primary N) is 1. The van der Waals surface area contributed by atoms with Gasteiger partial charge in [0, 0.05) is 12.4 Å². The van der Waals surface area contributed by atoms with Gasteiger partial charge in [-0.1, -0.05) is 12.1 Å². The molecule has 8 heteroatoms. The van der Waals surface area contributed by atoms with Crippen LogP contribution < -0.4 is 20.7 Å². The van der Waals surface area contributed by atoms with Gasteiger partial charge in [0.15, 0.2) is 0 Å². The van der Waals surface area contributed by atoms with Crippen LogP contribution in [0.5, 0.6) is 5.75 Å². The Balaban J connectivity index is 2.38. The second-order valence-electron chi connectivity index (χ2n) is 4.05. The Bertz CT molecular complexity index is 719. The second-order valence-corrected chi connectivity index (χ2v) is 5.70. The third-order valence-corrected chi connectivity index (χ3v) is 4.05. The first-order chi connectivity index (χ1) is 10.1. The van der Waals surface area contributed by atoms with E-state index in [1.54, 1.807) is 24.3 Å². The van der Waals surface area contributed by atoms with Crippen molar-refractivity contribution in [2.24, 2.45) is 5.84 Å². The molecule has 0 atom stereocenters. The van der Waals surface area contributed by atoms with E-state index in [2.05, 4.69) is 15.1 Å². The minimum absolute atomic E-state index is 0.0428. The summed E-state index contributed by atoms with van der Waals surface area (Å²) in [7, 11) is -3.83. The third-order valence-electron chi connectivity index (χ3n) is 2.66. The van der Waals surface area contributed by atoms with Crippen molar-refractivity contribution in [1.29, 1.82) is 0 Å². The summed E-state index contributed by atoms with van der Waals surface area (Å²) < 4.78 is 32.7. The minimum Gasteiger partial charge on any atom is -0.492 e. The van der Waals surface area contributed by atoms with E-state index in [0.717, 1.165) is 0 Å². The van der Waals surface area contributed by atoms with Gasteiger partial charge in [-0.2, -0.15) is 0 Å². The number of hydrogen-bond acceptors (Lipinski definition) is 6. The van der Waals surface area contributed by atoms with Crippen LogP contribution in [0.3, 0.4) is 0 Å². The molecule has 21 heavy (non-hydrogen) atoms. The Morgan fingerprint density at radius 2 is 2.00 bits per heavy atom. The average molecular weight is 308 g/mol. The first kappa shape index (κ1) is 15.1. The maximum atomic E-state index is 12.4. The molecule has 4 N–H and O–H groups in total. The topological polar surface area (TPSA) is 106 Å². The van der Waals surface area contributed by atoms with Gasteiger partial charge >= 0.3 is 0 Å². The third kappa shape index (κ3) is 3.41. The van der Waals surface area contributed by atoms with Gasteiger partial charge in [0.1, 0.15) is 10.6 Å². The number of ether oxygens (including phenoxy) is 1. The number of nitrogens with zero attached hydrogens (tertiary/aromatic N) is 1. The van der Waals surface area contributed by atoms with E-state index in [1.807, 2.05) is 6.92 Å². The van der Waals surface area contributed by atoms with E-state index < -0.39 is 10.0 Å². The highest BCUT2D eigenvalue weighted by molar-refractivity contribution is 7.92. The minimum atomic E-state index is -3.83. The first-order valence-corrected chi connectivity index (χ1v) is 7.72. The van der Waals surface area contributed by atoms with E-state index in [4.69, 9.17) is 10.6 Å². The molecule has 0 aliphatic heterocycles. The molecule has 2 rings (SSSR count). The Morgan fingerprint density at radius 1 is 1.24 bits per heavy atom. The Hall–Kier alpha value is -2.32. The monoisotopic (exact) mass is 308 g/mol. The van der Waals surface area contributed by atoms with Gasteiger partial charge < -0.3 is 10.2 Å². The summed E-state index contributed by atoms with van der Waals surface area (Å²) in [6, 6.07) is 8.26. The standard InChI is InChI=1S/C13H16N4O3S/c1-2-20-12-6-4-3-5-10(12)17-21(18,19)13-9-15-8-7-11(13)16-14/h3-9,17H,2,14H2,1H3,(H,15,16). The van der Waals surface area contributed by atoms with Crippen LogP contribution in [-0.2, 0) is 10.0 Å². The summed E-state index contributed by atoms with van der Waals surface area (Å²) in [6.45, 7) is 2.25. The molecule has 0 amide bonds. The molecule has 0 bridgehead atoms. The summed E-state index contributed by atoms with van der Waals surface area (Å²) in [5, 5.41) is 0. The normalized spacial score (nSPS) is 11.0. The van der Waals surface area contributed by atoms with Crippen molar-refractivity contribution < 1.29 is 13.2 Å². The fraction of sp³-hybridized carbons (Fsp3) is 0.154. The number of hydrazine groups is 1. The van der Waals surface area contributed by atoms with Crippen LogP contribution in [0, 0.1) is 0 Å². The molecular weight excluding hydrogens is 292 g/mol. The lowest BCUT2D eigenvalue weighted by atomic mass is 10.3. The van der Waals surface area contributed by atoms with Gasteiger partial charge in [-0.15, -0.1) is 0 Å². The van der Waals surface area contributed by atoms with Crippen molar-refractivity contribution in [3.05, 3.63) is 42.7 Å². The molecule has 0 saturated heterocycles. The lowest BCUT2D eigenvalue weighted by molar-refractivity contribution is 0.342. The predicted octanol–water partition coefficient (Wildman–Crippen LogP) is 1.57. The molecular formula is C13H16N4O3S. The van der Waals surface area contributed by atoms with Crippen molar-refractivity contribution in [3.8, 4) is 5.75 Å². The van der Waals surface area contributed by atoms with Gasteiger partial charge in [-0.25, -0.2) is 8.42 Å². The van der Waals surface area contributed by atoms with E-state index >= 15 is 0 Å². The number of nitrogens with one attached hydrogen (secondary N) is 2. The van der Waals surface area contributed by atoms with Crippen LogP contribution in [0.2, 0.25) is 0 Å². The molecule has 1 aromatic carbocycles. The largest absolute Gasteiger partial charge is 0.492 e. The van der Waals surface area contributed by atoms with E-state index in [9.17, 15) is 8.42 Å². The zero-order valence-corrected chi connectivity index (χ0v) is 12.2. The maximum Gasteiger partial charge on any atom is 0.265 e. The van der Waals surface area contributed by atoms with Gasteiger partial charge in [-0.3, -0.25) is 15.5 Å². The number of anilines is 2. The van der Waals surface area contributed by atoms with Crippen LogP contribution in [0.4, 0.5) is 11.4 Å². The summed E-state index contributed by atoms with van der Waals surface area (Å²) in [5.74, 6) is 5.78. The highest BCUT2D eigenvalue weighted by Gasteiger charge is 2.20. The molecule has 0 aliphatic carbocycles. The lowest BCUT2D eigenvalue weighted by Gasteiger charge is -2.14. The summed E-state index contributed by atoms with van der Waals surface area (Å²) in [4.78, 5) is 3.77. The number of hydrogen-bond donors (Lipinski definition) is 3. The molecule has 0 unspecified atom stereocenters. The van der Waals surface area contributed by atoms with Crippen LogP contribution in [-0.4, -0.2) is 20.0 Å². The SMILES string of the molecule is CCOc1ccccc1NS(=O)(=O)c1cnccc1NN. The van der Waals surface area contributed by atoms with E-state index in [-0.39, 0.29) is 10.6 Å². The molecule has 7 nitrogen and oxygen atoms in total. The van der Waals surface area contributed by atoms with Gasteiger partial charge in [-0.05, 0) is 25.1 Å². The van der Waals surface area contributed by atoms with Crippen LogP contribution in [0.25, 0.3) is 0 Å². The number of sulfonamides is 1. The molecule has 112 valence electrons. The fourth-order valence-electron chi connectivity index (χ4n) is 1.75. The molecule has 1 aromatic heterocycles. The number of rotatable bonds is 6. The smallest absolute Gasteiger partial charge is 0.265 e. The van der Waals surface area contributed by atoms with Crippen molar-refractivity contribution in [2.45, 2.75) is 11.8 Å². The van der Waals surface area contributed by atoms with E-state index in [1.165, 1.54) is 18.5 Å². The summed E-state index contributed by atoms with van der Waals surface area (Å²) >= 11 is 0.